The van der Waals surface area contributed by atoms with Crippen molar-refractivity contribution in [1.29, 1.82) is 0 Å². The lowest BCUT2D eigenvalue weighted by molar-refractivity contribution is 0.0652. The van der Waals surface area contributed by atoms with Gasteiger partial charge in [0.25, 0.3) is 0 Å². The minimum atomic E-state index is -1.35. The molecule has 2 N–H and O–H groups in total. The van der Waals surface area contributed by atoms with Crippen molar-refractivity contribution in [2.45, 2.75) is 0 Å². The van der Waals surface area contributed by atoms with Crippen molar-refractivity contribution in [2.75, 3.05) is 0 Å². The lowest BCUT2D eigenvalue weighted by Gasteiger charge is -2.12. The van der Waals surface area contributed by atoms with Gasteiger partial charge in [-0.1, -0.05) is 36.1 Å². The van der Waals surface area contributed by atoms with Crippen molar-refractivity contribution >= 4 is 11.9 Å². The van der Waals surface area contributed by atoms with Crippen LogP contribution in [0.3, 0.4) is 0 Å². The Balaban J connectivity index is 2.89. The van der Waals surface area contributed by atoms with E-state index in [-0.39, 0.29) is 16.7 Å². The molecule has 0 aromatic heterocycles. The van der Waals surface area contributed by atoms with E-state index in [1.807, 2.05) is 0 Å². The number of carbonyl (C=O) groups is 2. The zero-order valence-corrected chi connectivity index (χ0v) is 11.3. The normalized spacial score (nSPS) is 9.55. The van der Waals surface area contributed by atoms with Crippen LogP contribution in [0.15, 0.2) is 36.4 Å². The highest BCUT2D eigenvalue weighted by Gasteiger charge is 2.22. The maximum atomic E-state index is 11.5. The lowest BCUT2D eigenvalue weighted by Crippen LogP contribution is -2.10. The van der Waals surface area contributed by atoms with Crippen LogP contribution in [-0.2, 0) is 0 Å². The van der Waals surface area contributed by atoms with Gasteiger partial charge in [0.15, 0.2) is 0 Å². The zero-order chi connectivity index (χ0) is 16.3. The highest BCUT2D eigenvalue weighted by molar-refractivity contribution is 6.07. The Bertz CT molecular complexity index is 864. The van der Waals surface area contributed by atoms with Gasteiger partial charge in [-0.3, -0.25) is 0 Å². The average molecular weight is 290 g/mol. The number of benzene rings is 2. The van der Waals surface area contributed by atoms with Crippen LogP contribution in [0.25, 0.3) is 11.1 Å². The van der Waals surface area contributed by atoms with Gasteiger partial charge in [-0.2, -0.15) is 0 Å². The number of aromatic carboxylic acids is 2. The standard InChI is InChI=1S/C18H10O4/c1-3-11-7-5-8-13(12(11)4-2)14-9-6-10-15(17(19)20)16(14)18(21)22/h1-2,5-10H,(H,19,20)(H,21,22). The van der Waals surface area contributed by atoms with E-state index in [0.717, 1.165) is 0 Å². The molecule has 0 unspecified atom stereocenters. The molecular formula is C18H10O4. The van der Waals surface area contributed by atoms with E-state index < -0.39 is 11.9 Å². The maximum absolute atomic E-state index is 11.5. The quantitative estimate of drug-likeness (QED) is 0.852. The number of terminal acetylenes is 2. The summed E-state index contributed by atoms with van der Waals surface area (Å²) >= 11 is 0. The second-order valence-corrected chi connectivity index (χ2v) is 4.36. The van der Waals surface area contributed by atoms with Gasteiger partial charge in [0.05, 0.1) is 11.1 Å². The number of carboxylic acids is 2. The fourth-order valence-electron chi connectivity index (χ4n) is 2.24. The molecule has 0 saturated carbocycles. The third-order valence-electron chi connectivity index (χ3n) is 3.16. The molecule has 0 atom stereocenters. The summed E-state index contributed by atoms with van der Waals surface area (Å²) in [5.74, 6) is 2.21. The molecule has 0 saturated heterocycles. The van der Waals surface area contributed by atoms with E-state index in [0.29, 0.717) is 16.7 Å². The van der Waals surface area contributed by atoms with Gasteiger partial charge in [0.1, 0.15) is 0 Å². The molecule has 0 radical (unpaired) electrons. The molecule has 0 bridgehead atoms. The Morgan fingerprint density at radius 1 is 0.864 bits per heavy atom. The van der Waals surface area contributed by atoms with Crippen molar-refractivity contribution in [3.63, 3.8) is 0 Å². The van der Waals surface area contributed by atoms with Gasteiger partial charge < -0.3 is 10.2 Å². The molecule has 0 aliphatic rings. The Morgan fingerprint density at radius 2 is 1.50 bits per heavy atom. The zero-order valence-electron chi connectivity index (χ0n) is 11.3. The third kappa shape index (κ3) is 2.42. The van der Waals surface area contributed by atoms with Gasteiger partial charge in [-0.05, 0) is 23.3 Å². The van der Waals surface area contributed by atoms with Gasteiger partial charge >= 0.3 is 11.9 Å². The molecule has 4 heteroatoms. The molecule has 106 valence electrons. The summed E-state index contributed by atoms with van der Waals surface area (Å²) in [4.78, 5) is 22.8. The first-order chi connectivity index (χ1) is 10.5. The Labute approximate surface area is 127 Å². The fourth-order valence-corrected chi connectivity index (χ4v) is 2.24. The van der Waals surface area contributed by atoms with E-state index in [1.165, 1.54) is 18.2 Å². The van der Waals surface area contributed by atoms with E-state index in [9.17, 15) is 19.8 Å². The smallest absolute Gasteiger partial charge is 0.337 e. The molecule has 0 heterocycles. The van der Waals surface area contributed by atoms with E-state index in [4.69, 9.17) is 12.8 Å². The number of hydrogen-bond acceptors (Lipinski definition) is 2. The van der Waals surface area contributed by atoms with Crippen LogP contribution in [0.4, 0.5) is 0 Å². The molecule has 0 aliphatic heterocycles. The Hall–Kier alpha value is -3.50. The Morgan fingerprint density at radius 3 is 2.05 bits per heavy atom. The molecule has 0 spiro atoms. The molecule has 2 aromatic rings. The highest BCUT2D eigenvalue weighted by Crippen LogP contribution is 2.30. The minimum absolute atomic E-state index is 0.220. The number of hydrogen-bond donors (Lipinski definition) is 2. The molecular weight excluding hydrogens is 280 g/mol. The van der Waals surface area contributed by atoms with Crippen molar-refractivity contribution < 1.29 is 19.8 Å². The maximum Gasteiger partial charge on any atom is 0.337 e. The summed E-state index contributed by atoms with van der Waals surface area (Å²) in [6.45, 7) is 0. The fraction of sp³-hybridized carbons (Fsp3) is 0. The van der Waals surface area contributed by atoms with Gasteiger partial charge in [-0.25, -0.2) is 9.59 Å². The third-order valence-corrected chi connectivity index (χ3v) is 3.16. The van der Waals surface area contributed by atoms with Crippen LogP contribution in [0.2, 0.25) is 0 Å². The van der Waals surface area contributed by atoms with Crippen LogP contribution in [0.5, 0.6) is 0 Å². The minimum Gasteiger partial charge on any atom is -0.478 e. The Kier molecular flexibility index (Phi) is 3.97. The van der Waals surface area contributed by atoms with E-state index >= 15 is 0 Å². The summed E-state index contributed by atoms with van der Waals surface area (Å²) in [6, 6.07) is 9.10. The molecule has 0 fully saturated rings. The first-order valence-corrected chi connectivity index (χ1v) is 6.17. The molecule has 0 aliphatic carbocycles. The number of rotatable bonds is 3. The van der Waals surface area contributed by atoms with Crippen LogP contribution in [0.1, 0.15) is 31.8 Å². The van der Waals surface area contributed by atoms with Crippen LogP contribution in [-0.4, -0.2) is 22.2 Å². The second-order valence-electron chi connectivity index (χ2n) is 4.36. The van der Waals surface area contributed by atoms with Gasteiger partial charge in [0.2, 0.25) is 0 Å². The summed E-state index contributed by atoms with van der Waals surface area (Å²) in [6.07, 6.45) is 10.9. The first-order valence-electron chi connectivity index (χ1n) is 6.17. The first kappa shape index (κ1) is 14.9. The topological polar surface area (TPSA) is 74.6 Å². The van der Waals surface area contributed by atoms with Crippen molar-refractivity contribution in [3.05, 3.63) is 58.7 Å². The largest absolute Gasteiger partial charge is 0.478 e. The molecule has 2 aromatic carbocycles. The summed E-state index contributed by atoms with van der Waals surface area (Å²) in [5.41, 5.74) is 0.808. The van der Waals surface area contributed by atoms with Crippen LogP contribution >= 0.6 is 0 Å². The average Bonchev–Trinajstić information content (AvgIpc) is 2.52. The molecule has 2 rings (SSSR count). The predicted molar refractivity (Wildman–Crippen MR) is 81.7 cm³/mol. The number of carboxylic acid groups (broad SMARTS) is 2. The summed E-state index contributed by atoms with van der Waals surface area (Å²) in [5, 5.41) is 18.6. The highest BCUT2D eigenvalue weighted by atomic mass is 16.4. The molecule has 4 nitrogen and oxygen atoms in total. The van der Waals surface area contributed by atoms with Gasteiger partial charge in [0, 0.05) is 11.1 Å². The van der Waals surface area contributed by atoms with Crippen LogP contribution in [0, 0.1) is 24.7 Å². The predicted octanol–water partition coefficient (Wildman–Crippen LogP) is 2.71. The second kappa shape index (κ2) is 5.87. The SMILES string of the molecule is C#Cc1cccc(-c2cccc(C(=O)O)c2C(=O)O)c1C#C. The van der Waals surface area contributed by atoms with E-state index in [1.54, 1.807) is 18.2 Å². The van der Waals surface area contributed by atoms with Gasteiger partial charge in [-0.15, -0.1) is 12.8 Å². The lowest BCUT2D eigenvalue weighted by atomic mass is 9.90. The monoisotopic (exact) mass is 290 g/mol. The summed E-state index contributed by atoms with van der Waals surface area (Å²) in [7, 11) is 0. The van der Waals surface area contributed by atoms with Crippen molar-refractivity contribution in [1.82, 2.24) is 0 Å². The molecule has 22 heavy (non-hydrogen) atoms. The van der Waals surface area contributed by atoms with E-state index in [2.05, 4.69) is 11.8 Å². The van der Waals surface area contributed by atoms with Crippen LogP contribution < -0.4 is 0 Å². The molecule has 0 amide bonds. The van der Waals surface area contributed by atoms with Crippen molar-refractivity contribution in [3.8, 4) is 35.8 Å². The van der Waals surface area contributed by atoms with Crippen molar-refractivity contribution in [2.24, 2.45) is 0 Å². The summed E-state index contributed by atoms with van der Waals surface area (Å²) < 4.78 is 0.